The summed E-state index contributed by atoms with van der Waals surface area (Å²) in [5, 5.41) is 14.1. The number of carboxylic acid groups (broad SMARTS) is 1. The molecule has 7 heteroatoms. The Balaban J connectivity index is 2.62. The number of aliphatic carboxylic acids is 1. The molecule has 1 aromatic rings. The van der Waals surface area contributed by atoms with E-state index in [9.17, 15) is 9.59 Å². The lowest BCUT2D eigenvalue weighted by Gasteiger charge is -2.34. The quantitative estimate of drug-likeness (QED) is 0.870. The Morgan fingerprint density at radius 3 is 2.61 bits per heavy atom. The van der Waals surface area contributed by atoms with Gasteiger partial charge in [0.2, 0.25) is 0 Å². The fraction of sp³-hybridized carbons (Fsp3) is 0.545. The van der Waals surface area contributed by atoms with Crippen LogP contribution >= 0.6 is 11.3 Å². The molecule has 0 unspecified atom stereocenters. The Labute approximate surface area is 110 Å². The molecular formula is C11H17N3O3S. The van der Waals surface area contributed by atoms with E-state index >= 15 is 0 Å². The van der Waals surface area contributed by atoms with Gasteiger partial charge in [-0.3, -0.25) is 4.79 Å². The number of hydrogen-bond donors (Lipinski definition) is 2. The molecule has 0 saturated heterocycles. The first-order valence-corrected chi connectivity index (χ1v) is 6.34. The van der Waals surface area contributed by atoms with Crippen LogP contribution in [0.25, 0.3) is 0 Å². The van der Waals surface area contributed by atoms with Crippen molar-refractivity contribution in [3.63, 3.8) is 0 Å². The highest BCUT2D eigenvalue weighted by Gasteiger charge is 2.28. The van der Waals surface area contributed by atoms with E-state index in [1.54, 1.807) is 27.0 Å². The van der Waals surface area contributed by atoms with Gasteiger partial charge >= 0.3 is 12.0 Å². The number of thiazole rings is 1. The van der Waals surface area contributed by atoms with Crippen LogP contribution < -0.4 is 5.32 Å². The van der Waals surface area contributed by atoms with Crippen molar-refractivity contribution in [1.29, 1.82) is 0 Å². The van der Waals surface area contributed by atoms with Crippen LogP contribution in [0.2, 0.25) is 0 Å². The molecule has 1 rings (SSSR count). The second-order valence-corrected chi connectivity index (χ2v) is 5.71. The second-order valence-electron chi connectivity index (χ2n) is 4.74. The summed E-state index contributed by atoms with van der Waals surface area (Å²) in [4.78, 5) is 28.0. The van der Waals surface area contributed by atoms with Crippen molar-refractivity contribution in [1.82, 2.24) is 15.2 Å². The van der Waals surface area contributed by atoms with E-state index in [1.807, 2.05) is 5.38 Å². The molecule has 0 atom stereocenters. The molecule has 0 aromatic carbocycles. The van der Waals surface area contributed by atoms with Gasteiger partial charge in [0.25, 0.3) is 0 Å². The number of aromatic nitrogens is 1. The number of nitrogens with one attached hydrogen (secondary N) is 1. The van der Waals surface area contributed by atoms with Crippen molar-refractivity contribution < 1.29 is 14.7 Å². The Morgan fingerprint density at radius 2 is 2.17 bits per heavy atom. The molecule has 0 spiro atoms. The smallest absolute Gasteiger partial charge is 0.323 e. The van der Waals surface area contributed by atoms with Gasteiger partial charge in [0.05, 0.1) is 6.54 Å². The van der Waals surface area contributed by atoms with Gasteiger partial charge in [-0.25, -0.2) is 9.78 Å². The van der Waals surface area contributed by atoms with E-state index in [0.717, 1.165) is 5.01 Å². The fourth-order valence-electron chi connectivity index (χ4n) is 1.34. The number of rotatable bonds is 4. The molecule has 6 nitrogen and oxygen atoms in total. The summed E-state index contributed by atoms with van der Waals surface area (Å²) in [6, 6.07) is -0.403. The number of hydrogen-bond acceptors (Lipinski definition) is 4. The summed E-state index contributed by atoms with van der Waals surface area (Å²) in [5.74, 6) is -1.03. The molecule has 0 saturated carbocycles. The van der Waals surface area contributed by atoms with Gasteiger partial charge in [0.15, 0.2) is 0 Å². The van der Waals surface area contributed by atoms with Crippen molar-refractivity contribution in [2.24, 2.45) is 0 Å². The molecule has 1 aromatic heterocycles. The van der Waals surface area contributed by atoms with Gasteiger partial charge in [0, 0.05) is 17.1 Å². The molecule has 0 aliphatic heterocycles. The minimum absolute atomic E-state index is 0.308. The molecule has 0 fully saturated rings. The van der Waals surface area contributed by atoms with Crippen LogP contribution in [0.1, 0.15) is 25.8 Å². The maximum atomic E-state index is 11.9. The zero-order valence-electron chi connectivity index (χ0n) is 10.6. The molecule has 0 radical (unpaired) electrons. The van der Waals surface area contributed by atoms with Crippen LogP contribution in [0.4, 0.5) is 4.79 Å². The summed E-state index contributed by atoms with van der Waals surface area (Å²) in [5.41, 5.74) is -0.550. The van der Waals surface area contributed by atoms with E-state index < -0.39 is 17.5 Å². The largest absolute Gasteiger partial charge is 0.480 e. The summed E-state index contributed by atoms with van der Waals surface area (Å²) in [6.45, 7) is 5.35. The Hall–Kier alpha value is -1.63. The van der Waals surface area contributed by atoms with Gasteiger partial charge in [-0.15, -0.1) is 11.3 Å². The average Bonchev–Trinajstić information content (AvgIpc) is 2.73. The second kappa shape index (κ2) is 5.81. The Bertz CT molecular complexity index is 412. The number of amides is 2. The number of carbonyl (C=O) groups is 2. The van der Waals surface area contributed by atoms with E-state index in [-0.39, 0.29) is 6.54 Å². The van der Waals surface area contributed by atoms with E-state index in [1.165, 1.54) is 16.2 Å². The first-order chi connectivity index (χ1) is 8.30. The lowest BCUT2D eigenvalue weighted by Crippen LogP contribution is -2.52. The van der Waals surface area contributed by atoms with Crippen molar-refractivity contribution in [3.05, 3.63) is 16.6 Å². The number of carboxylic acids is 1. The minimum atomic E-state index is -1.03. The van der Waals surface area contributed by atoms with Gasteiger partial charge in [-0.2, -0.15) is 0 Å². The van der Waals surface area contributed by atoms with Crippen molar-refractivity contribution in [2.45, 2.75) is 32.9 Å². The Morgan fingerprint density at radius 1 is 1.50 bits per heavy atom. The van der Waals surface area contributed by atoms with Crippen LogP contribution in [-0.4, -0.2) is 39.1 Å². The van der Waals surface area contributed by atoms with Crippen LogP contribution in [0.15, 0.2) is 11.6 Å². The lowest BCUT2D eigenvalue weighted by atomic mass is 10.1. The van der Waals surface area contributed by atoms with E-state index in [2.05, 4.69) is 10.3 Å². The third kappa shape index (κ3) is 4.33. The molecule has 18 heavy (non-hydrogen) atoms. The van der Waals surface area contributed by atoms with Crippen molar-refractivity contribution in [2.75, 3.05) is 6.54 Å². The summed E-state index contributed by atoms with van der Waals surface area (Å²) >= 11 is 1.44. The first kappa shape index (κ1) is 14.4. The molecule has 100 valence electrons. The van der Waals surface area contributed by atoms with Gasteiger partial charge in [0.1, 0.15) is 11.6 Å². The maximum Gasteiger partial charge on any atom is 0.323 e. The zero-order chi connectivity index (χ0) is 13.8. The van der Waals surface area contributed by atoms with Crippen molar-refractivity contribution >= 4 is 23.3 Å². The molecule has 0 aliphatic carbocycles. The molecule has 2 amide bonds. The highest BCUT2D eigenvalue weighted by molar-refractivity contribution is 7.09. The predicted octanol–water partition coefficient (Wildman–Crippen LogP) is 1.54. The topological polar surface area (TPSA) is 82.5 Å². The highest BCUT2D eigenvalue weighted by atomic mass is 32.1. The molecular weight excluding hydrogens is 254 g/mol. The minimum Gasteiger partial charge on any atom is -0.480 e. The SMILES string of the molecule is CC(C)(C)N(CC(=O)O)C(=O)NCc1nccs1. The zero-order valence-corrected chi connectivity index (χ0v) is 11.5. The average molecular weight is 271 g/mol. The highest BCUT2D eigenvalue weighted by Crippen LogP contribution is 2.13. The van der Waals surface area contributed by atoms with Gasteiger partial charge < -0.3 is 15.3 Å². The molecule has 0 bridgehead atoms. The van der Waals surface area contributed by atoms with E-state index in [0.29, 0.717) is 6.54 Å². The van der Waals surface area contributed by atoms with Gasteiger partial charge in [-0.1, -0.05) is 0 Å². The van der Waals surface area contributed by atoms with E-state index in [4.69, 9.17) is 5.11 Å². The number of urea groups is 1. The summed E-state index contributed by atoms with van der Waals surface area (Å²) in [7, 11) is 0. The van der Waals surface area contributed by atoms with Crippen LogP contribution in [-0.2, 0) is 11.3 Å². The fourth-order valence-corrected chi connectivity index (χ4v) is 1.89. The van der Waals surface area contributed by atoms with Crippen molar-refractivity contribution in [3.8, 4) is 0 Å². The standard InChI is InChI=1S/C11H17N3O3S/c1-11(2,3)14(7-9(15)16)10(17)13-6-8-12-4-5-18-8/h4-5H,6-7H2,1-3H3,(H,13,17)(H,15,16). The summed E-state index contributed by atoms with van der Waals surface area (Å²) in [6.07, 6.45) is 1.66. The van der Waals surface area contributed by atoms with Crippen LogP contribution in [0.5, 0.6) is 0 Å². The summed E-state index contributed by atoms with van der Waals surface area (Å²) < 4.78 is 0. The number of carbonyl (C=O) groups excluding carboxylic acids is 1. The monoisotopic (exact) mass is 271 g/mol. The molecule has 2 N–H and O–H groups in total. The predicted molar refractivity (Wildman–Crippen MR) is 68.4 cm³/mol. The third-order valence-corrected chi connectivity index (χ3v) is 3.00. The first-order valence-electron chi connectivity index (χ1n) is 5.46. The van der Waals surface area contributed by atoms with Gasteiger partial charge in [-0.05, 0) is 20.8 Å². The van der Waals surface area contributed by atoms with Crippen LogP contribution in [0.3, 0.4) is 0 Å². The third-order valence-electron chi connectivity index (χ3n) is 2.22. The number of nitrogens with zero attached hydrogens (tertiary/aromatic N) is 2. The molecule has 0 aliphatic rings. The van der Waals surface area contributed by atoms with Crippen LogP contribution in [0, 0.1) is 0 Å². The Kier molecular flexibility index (Phi) is 4.66. The lowest BCUT2D eigenvalue weighted by molar-refractivity contribution is -0.138. The molecule has 1 heterocycles. The normalized spacial score (nSPS) is 11.1. The maximum absolute atomic E-state index is 11.9.